The van der Waals surface area contributed by atoms with E-state index in [2.05, 4.69) is 36.6 Å². The zero-order valence-electron chi connectivity index (χ0n) is 8.25. The Morgan fingerprint density at radius 2 is 1.39 bits per heavy atom. The molecule has 2 nitrogen and oxygen atoms in total. The fourth-order valence-electron chi connectivity index (χ4n) is 0.902. The molecule has 0 fully saturated rings. The minimum atomic E-state index is -2.32. The van der Waals surface area contributed by atoms with Crippen LogP contribution < -0.4 is 4.74 Å². The Morgan fingerprint density at radius 1 is 1.00 bits per heavy atom. The summed E-state index contributed by atoms with van der Waals surface area (Å²) in [5, 5.41) is 0.0290. The zero-order valence-corrected chi connectivity index (χ0v) is 11.4. The number of carbonyl (C=O) groups excluding carboxylic acids is 1. The standard InChI is InChI=1S/C9H3Br2F5O2/c10-1-2(11)9(17)18-8-6(15)4(13)3(12)5(14)7(8)16/h2H,1H2. The molecule has 1 rings (SSSR count). The Kier molecular flexibility index (Phi) is 5.09. The molecule has 0 bridgehead atoms. The van der Waals surface area contributed by atoms with Crippen LogP contribution in [0.15, 0.2) is 0 Å². The van der Waals surface area contributed by atoms with Crippen LogP contribution in [0.25, 0.3) is 0 Å². The largest absolute Gasteiger partial charge is 0.419 e. The second-order valence-corrected chi connectivity index (χ2v) is 4.69. The Morgan fingerprint density at radius 3 is 1.78 bits per heavy atom. The van der Waals surface area contributed by atoms with Crippen molar-refractivity contribution in [1.29, 1.82) is 0 Å². The summed E-state index contributed by atoms with van der Waals surface area (Å²) in [6.45, 7) is 0. The first-order chi connectivity index (χ1) is 8.31. The molecular weight excluding hydrogens is 395 g/mol. The van der Waals surface area contributed by atoms with Gasteiger partial charge in [-0.05, 0) is 0 Å². The van der Waals surface area contributed by atoms with Crippen molar-refractivity contribution in [1.82, 2.24) is 0 Å². The number of alkyl halides is 2. The summed E-state index contributed by atoms with van der Waals surface area (Å²) in [6, 6.07) is 0. The summed E-state index contributed by atoms with van der Waals surface area (Å²) in [5.74, 6) is -13.9. The summed E-state index contributed by atoms with van der Waals surface area (Å²) < 4.78 is 68.5. The molecule has 0 saturated heterocycles. The van der Waals surface area contributed by atoms with Crippen LogP contribution in [-0.2, 0) is 4.79 Å². The SMILES string of the molecule is O=C(Oc1c(F)c(F)c(F)c(F)c1F)C(Br)CBr. The second kappa shape index (κ2) is 5.96. The third kappa shape index (κ3) is 2.82. The Hall–Kier alpha value is -0.700. The second-order valence-electron chi connectivity index (χ2n) is 2.94. The normalized spacial score (nSPS) is 12.4. The predicted molar refractivity (Wildman–Crippen MR) is 58.4 cm³/mol. The maximum absolute atomic E-state index is 13.1. The molecule has 0 aromatic heterocycles. The van der Waals surface area contributed by atoms with Crippen molar-refractivity contribution in [2.45, 2.75) is 4.83 Å². The number of carbonyl (C=O) groups is 1. The summed E-state index contributed by atoms with van der Waals surface area (Å²) in [7, 11) is 0. The van der Waals surface area contributed by atoms with Crippen LogP contribution in [0.1, 0.15) is 0 Å². The van der Waals surface area contributed by atoms with Gasteiger partial charge in [-0.2, -0.15) is 8.78 Å². The monoisotopic (exact) mass is 396 g/mol. The van der Waals surface area contributed by atoms with Gasteiger partial charge in [-0.25, -0.2) is 13.2 Å². The van der Waals surface area contributed by atoms with E-state index in [1.807, 2.05) is 0 Å². The van der Waals surface area contributed by atoms with Gasteiger partial charge in [0.15, 0.2) is 0 Å². The van der Waals surface area contributed by atoms with Crippen LogP contribution in [0, 0.1) is 29.1 Å². The average molecular weight is 398 g/mol. The molecule has 0 aliphatic carbocycles. The van der Waals surface area contributed by atoms with Gasteiger partial charge in [0, 0.05) is 5.33 Å². The van der Waals surface area contributed by atoms with Gasteiger partial charge in [0.2, 0.25) is 34.8 Å². The maximum Gasteiger partial charge on any atom is 0.326 e. The smallest absolute Gasteiger partial charge is 0.326 e. The Bertz CT molecular complexity index is 465. The molecule has 0 heterocycles. The lowest BCUT2D eigenvalue weighted by atomic mass is 10.2. The number of hydrogen-bond acceptors (Lipinski definition) is 2. The molecule has 0 radical (unpaired) electrons. The first-order valence-electron chi connectivity index (χ1n) is 4.24. The topological polar surface area (TPSA) is 26.3 Å². The van der Waals surface area contributed by atoms with Gasteiger partial charge in [0.1, 0.15) is 4.83 Å². The quantitative estimate of drug-likeness (QED) is 0.195. The highest BCUT2D eigenvalue weighted by atomic mass is 79.9. The minimum Gasteiger partial charge on any atom is -0.419 e. The molecule has 1 atom stereocenters. The number of hydrogen-bond donors (Lipinski definition) is 0. The van der Waals surface area contributed by atoms with E-state index in [4.69, 9.17) is 0 Å². The van der Waals surface area contributed by atoms with Gasteiger partial charge in [0.25, 0.3) is 0 Å². The number of esters is 1. The van der Waals surface area contributed by atoms with Crippen LogP contribution in [-0.4, -0.2) is 16.1 Å². The Labute approximate surface area is 114 Å². The third-order valence-electron chi connectivity index (χ3n) is 1.76. The molecule has 18 heavy (non-hydrogen) atoms. The minimum absolute atomic E-state index is 0.0290. The highest BCUT2D eigenvalue weighted by Crippen LogP contribution is 2.29. The summed E-state index contributed by atoms with van der Waals surface area (Å²) in [5.41, 5.74) is 0. The third-order valence-corrected chi connectivity index (χ3v) is 3.98. The molecule has 1 unspecified atom stereocenters. The summed E-state index contributed by atoms with van der Waals surface area (Å²) in [6.07, 6.45) is 0. The van der Waals surface area contributed by atoms with Crippen molar-refractivity contribution in [3.8, 4) is 5.75 Å². The molecule has 0 N–H and O–H groups in total. The maximum atomic E-state index is 13.1. The fourth-order valence-corrected chi connectivity index (χ4v) is 1.26. The predicted octanol–water partition coefficient (Wildman–Crippen LogP) is 3.45. The van der Waals surface area contributed by atoms with E-state index < -0.39 is 45.6 Å². The molecule has 100 valence electrons. The van der Waals surface area contributed by atoms with E-state index in [0.717, 1.165) is 0 Å². The molecule has 0 spiro atoms. The van der Waals surface area contributed by atoms with E-state index in [-0.39, 0.29) is 5.33 Å². The number of benzene rings is 1. The zero-order chi connectivity index (χ0) is 14.0. The van der Waals surface area contributed by atoms with Crippen LogP contribution in [0.5, 0.6) is 5.75 Å². The van der Waals surface area contributed by atoms with Crippen LogP contribution in [0.4, 0.5) is 22.0 Å². The van der Waals surface area contributed by atoms with E-state index >= 15 is 0 Å². The molecule has 0 aliphatic rings. The van der Waals surface area contributed by atoms with Gasteiger partial charge in [-0.3, -0.25) is 4.79 Å². The van der Waals surface area contributed by atoms with E-state index in [1.165, 1.54) is 0 Å². The van der Waals surface area contributed by atoms with Crippen molar-refractivity contribution in [3.63, 3.8) is 0 Å². The molecular formula is C9H3Br2F5O2. The molecule has 1 aromatic rings. The number of halogens is 7. The van der Waals surface area contributed by atoms with Crippen LogP contribution in [0.3, 0.4) is 0 Å². The highest BCUT2D eigenvalue weighted by molar-refractivity contribution is 9.12. The molecule has 1 aromatic carbocycles. The van der Waals surface area contributed by atoms with Gasteiger partial charge >= 0.3 is 5.97 Å². The first kappa shape index (κ1) is 15.4. The number of ether oxygens (including phenoxy) is 1. The van der Waals surface area contributed by atoms with Crippen molar-refractivity contribution in [2.75, 3.05) is 5.33 Å². The van der Waals surface area contributed by atoms with Crippen LogP contribution in [0.2, 0.25) is 0 Å². The van der Waals surface area contributed by atoms with Gasteiger partial charge in [0.05, 0.1) is 0 Å². The molecule has 0 aliphatic heterocycles. The summed E-state index contributed by atoms with van der Waals surface area (Å²) >= 11 is 5.64. The lowest BCUT2D eigenvalue weighted by molar-refractivity contribution is -0.133. The van der Waals surface area contributed by atoms with Crippen LogP contribution >= 0.6 is 31.9 Å². The number of rotatable bonds is 3. The molecule has 0 amide bonds. The van der Waals surface area contributed by atoms with Crippen molar-refractivity contribution in [2.24, 2.45) is 0 Å². The van der Waals surface area contributed by atoms with Gasteiger partial charge in [-0.1, -0.05) is 31.9 Å². The lowest BCUT2D eigenvalue weighted by Crippen LogP contribution is -2.23. The Balaban J connectivity index is 3.22. The van der Waals surface area contributed by atoms with E-state index in [9.17, 15) is 26.7 Å². The highest BCUT2D eigenvalue weighted by Gasteiger charge is 2.29. The molecule has 9 heteroatoms. The summed E-state index contributed by atoms with van der Waals surface area (Å²) in [4.78, 5) is 10.2. The van der Waals surface area contributed by atoms with Gasteiger partial charge in [-0.15, -0.1) is 0 Å². The fraction of sp³-hybridized carbons (Fsp3) is 0.222. The van der Waals surface area contributed by atoms with E-state index in [0.29, 0.717) is 0 Å². The molecule has 0 saturated carbocycles. The van der Waals surface area contributed by atoms with Crippen molar-refractivity contribution >= 4 is 37.8 Å². The first-order valence-corrected chi connectivity index (χ1v) is 6.28. The van der Waals surface area contributed by atoms with Crippen molar-refractivity contribution < 1.29 is 31.5 Å². The van der Waals surface area contributed by atoms with Gasteiger partial charge < -0.3 is 4.74 Å². The lowest BCUT2D eigenvalue weighted by Gasteiger charge is -2.10. The average Bonchev–Trinajstić information content (AvgIpc) is 2.37. The van der Waals surface area contributed by atoms with Crippen molar-refractivity contribution in [3.05, 3.63) is 29.1 Å². The van der Waals surface area contributed by atoms with E-state index in [1.54, 1.807) is 0 Å².